The van der Waals surface area contributed by atoms with Gasteiger partial charge < -0.3 is 29.9 Å². The molecule has 1 aromatic carbocycles. The summed E-state index contributed by atoms with van der Waals surface area (Å²) in [6.07, 6.45) is 3.06. The first-order valence-electron chi connectivity index (χ1n) is 12.0. The van der Waals surface area contributed by atoms with Crippen LogP contribution in [0.5, 0.6) is 5.75 Å². The van der Waals surface area contributed by atoms with Gasteiger partial charge in [-0.25, -0.2) is 0 Å². The molecule has 0 radical (unpaired) electrons. The van der Waals surface area contributed by atoms with Crippen molar-refractivity contribution in [1.82, 2.24) is 10.2 Å². The highest BCUT2D eigenvalue weighted by Crippen LogP contribution is 2.30. The van der Waals surface area contributed by atoms with Crippen molar-refractivity contribution in [2.75, 3.05) is 26.3 Å². The maximum Gasteiger partial charge on any atom is 0.247 e. The molecule has 0 aliphatic heterocycles. The number of carbonyl (C=O) groups is 2. The van der Waals surface area contributed by atoms with Crippen molar-refractivity contribution < 1.29 is 29.3 Å². The van der Waals surface area contributed by atoms with Crippen molar-refractivity contribution in [3.63, 3.8) is 0 Å². The molecule has 0 heterocycles. The molecule has 9 heteroatoms. The molecule has 1 aromatic rings. The molecule has 0 aromatic heterocycles. The van der Waals surface area contributed by atoms with Crippen molar-refractivity contribution in [2.24, 2.45) is 0 Å². The number of aliphatic hydroxyl groups is 2. The van der Waals surface area contributed by atoms with Crippen molar-refractivity contribution >= 4 is 34.4 Å². The second-order valence-corrected chi connectivity index (χ2v) is 9.80. The molecular weight excluding hydrogens is 563 g/mol. The van der Waals surface area contributed by atoms with Crippen LogP contribution in [-0.2, 0) is 14.3 Å². The molecule has 1 aliphatic rings. The lowest BCUT2D eigenvalue weighted by Crippen LogP contribution is -2.55. The number of nitrogens with zero attached hydrogens (tertiary/aromatic N) is 1. The number of allylic oxidation sites excluding steroid dienone is 1. The number of rotatable bonds is 14. The fourth-order valence-electron chi connectivity index (χ4n) is 3.87. The Bertz CT molecular complexity index is 875. The van der Waals surface area contributed by atoms with E-state index in [2.05, 4.69) is 34.5 Å². The van der Waals surface area contributed by atoms with E-state index in [0.717, 1.165) is 3.57 Å². The van der Waals surface area contributed by atoms with Gasteiger partial charge in [-0.05, 0) is 67.5 Å². The third kappa shape index (κ3) is 9.21. The second kappa shape index (κ2) is 15.2. The summed E-state index contributed by atoms with van der Waals surface area (Å²) in [5.41, 5.74) is 0.407. The van der Waals surface area contributed by atoms with Gasteiger partial charge in [-0.15, -0.1) is 6.58 Å². The van der Waals surface area contributed by atoms with Crippen LogP contribution in [0.1, 0.15) is 39.5 Å². The third-order valence-electron chi connectivity index (χ3n) is 5.59. The molecule has 3 atom stereocenters. The minimum atomic E-state index is -1.04. The summed E-state index contributed by atoms with van der Waals surface area (Å²) in [6.45, 7) is 8.39. The number of benzene rings is 1. The normalized spacial score (nSPS) is 19.7. The highest BCUT2D eigenvalue weighted by molar-refractivity contribution is 14.1. The van der Waals surface area contributed by atoms with Gasteiger partial charge in [0.1, 0.15) is 18.0 Å². The average Bonchev–Trinajstić information content (AvgIpc) is 2.83. The van der Waals surface area contributed by atoms with Crippen LogP contribution in [0.2, 0.25) is 0 Å². The lowest BCUT2D eigenvalue weighted by molar-refractivity contribution is -0.138. The van der Waals surface area contributed by atoms with Gasteiger partial charge >= 0.3 is 0 Å². The number of amides is 2. The van der Waals surface area contributed by atoms with Gasteiger partial charge in [-0.2, -0.15) is 0 Å². The monoisotopic (exact) mass is 600 g/mol. The maximum atomic E-state index is 13.2. The van der Waals surface area contributed by atoms with Gasteiger partial charge in [-0.1, -0.05) is 18.2 Å². The summed E-state index contributed by atoms with van der Waals surface area (Å²) in [6, 6.07) is 6.76. The zero-order valence-corrected chi connectivity index (χ0v) is 22.6. The molecule has 35 heavy (non-hydrogen) atoms. The highest BCUT2D eigenvalue weighted by atomic mass is 127. The standard InChI is InChI=1S/C26H37IN2O6/c1-4-5-11-24(31)29(13-8-15-34-18(2)3)21-16-19(26(33)28-12-14-30)17-23(25(21)32)35-22-10-7-6-9-20(22)27/h4,6-7,9-10,17-18,21,23,25,30,32H,1,5,8,11-16H2,2-3H3,(H,28,33). The van der Waals surface area contributed by atoms with E-state index < -0.39 is 18.2 Å². The summed E-state index contributed by atoms with van der Waals surface area (Å²) in [4.78, 5) is 27.6. The van der Waals surface area contributed by atoms with E-state index in [9.17, 15) is 14.7 Å². The Hall–Kier alpha value is -1.95. The average molecular weight is 600 g/mol. The molecule has 8 nitrogen and oxygen atoms in total. The molecule has 3 N–H and O–H groups in total. The number of halogens is 1. The Balaban J connectivity index is 2.33. The van der Waals surface area contributed by atoms with Gasteiger partial charge in [0.25, 0.3) is 0 Å². The molecule has 194 valence electrons. The molecular formula is C26H37IN2O6. The smallest absolute Gasteiger partial charge is 0.247 e. The van der Waals surface area contributed by atoms with E-state index in [4.69, 9.17) is 14.6 Å². The predicted octanol–water partition coefficient (Wildman–Crippen LogP) is 2.82. The van der Waals surface area contributed by atoms with Crippen molar-refractivity contribution in [1.29, 1.82) is 0 Å². The zero-order chi connectivity index (χ0) is 25.8. The molecule has 2 rings (SSSR count). The number of para-hydroxylation sites is 1. The molecule has 0 bridgehead atoms. The van der Waals surface area contributed by atoms with Crippen molar-refractivity contribution in [2.45, 2.75) is 63.9 Å². The minimum Gasteiger partial charge on any atom is -0.482 e. The fraction of sp³-hybridized carbons (Fsp3) is 0.538. The topological polar surface area (TPSA) is 108 Å². The Kier molecular flexibility index (Phi) is 12.7. The van der Waals surface area contributed by atoms with Crippen LogP contribution >= 0.6 is 22.6 Å². The Morgan fingerprint density at radius 1 is 1.34 bits per heavy atom. The molecule has 3 unspecified atom stereocenters. The van der Waals surface area contributed by atoms with Crippen LogP contribution in [0.25, 0.3) is 0 Å². The Morgan fingerprint density at radius 3 is 2.74 bits per heavy atom. The third-order valence-corrected chi connectivity index (χ3v) is 6.48. The second-order valence-electron chi connectivity index (χ2n) is 8.63. The molecule has 2 amide bonds. The van der Waals surface area contributed by atoms with Crippen LogP contribution in [0.15, 0.2) is 48.6 Å². The Morgan fingerprint density at radius 2 is 2.09 bits per heavy atom. The van der Waals surface area contributed by atoms with Crippen LogP contribution in [-0.4, -0.2) is 77.6 Å². The highest BCUT2D eigenvalue weighted by Gasteiger charge is 2.40. The predicted molar refractivity (Wildman–Crippen MR) is 143 cm³/mol. The lowest BCUT2D eigenvalue weighted by atomic mass is 9.87. The SMILES string of the molecule is C=CCCC(=O)N(CCCOC(C)C)C1CC(C(=O)NCCO)=CC(Oc2ccccc2I)C1O. The van der Waals surface area contributed by atoms with E-state index in [1.165, 1.54) is 0 Å². The molecule has 1 aliphatic carbocycles. The van der Waals surface area contributed by atoms with E-state index in [1.54, 1.807) is 23.1 Å². The molecule has 0 saturated carbocycles. The van der Waals surface area contributed by atoms with E-state index in [-0.39, 0.29) is 43.9 Å². The largest absolute Gasteiger partial charge is 0.482 e. The number of hydrogen-bond acceptors (Lipinski definition) is 6. The number of carbonyl (C=O) groups excluding carboxylic acids is 2. The van der Waals surface area contributed by atoms with E-state index >= 15 is 0 Å². The summed E-state index contributed by atoms with van der Waals surface area (Å²) < 4.78 is 12.6. The lowest BCUT2D eigenvalue weighted by Gasteiger charge is -2.40. The first-order valence-corrected chi connectivity index (χ1v) is 13.1. The van der Waals surface area contributed by atoms with Gasteiger partial charge in [0.2, 0.25) is 11.8 Å². The van der Waals surface area contributed by atoms with Gasteiger partial charge in [-0.3, -0.25) is 9.59 Å². The van der Waals surface area contributed by atoms with E-state index in [0.29, 0.717) is 37.3 Å². The van der Waals surface area contributed by atoms with Crippen LogP contribution in [0.4, 0.5) is 0 Å². The van der Waals surface area contributed by atoms with Crippen LogP contribution in [0.3, 0.4) is 0 Å². The van der Waals surface area contributed by atoms with Gasteiger partial charge in [0, 0.05) is 38.1 Å². The maximum absolute atomic E-state index is 13.2. The van der Waals surface area contributed by atoms with Gasteiger partial charge in [0.15, 0.2) is 0 Å². The molecule has 0 spiro atoms. The number of aliphatic hydroxyl groups excluding tert-OH is 2. The van der Waals surface area contributed by atoms with E-state index in [1.807, 2.05) is 32.0 Å². The van der Waals surface area contributed by atoms with Gasteiger partial charge in [0.05, 0.1) is 22.3 Å². The number of hydrogen-bond donors (Lipinski definition) is 3. The summed E-state index contributed by atoms with van der Waals surface area (Å²) in [5, 5.41) is 23.1. The molecule has 0 fully saturated rings. The minimum absolute atomic E-state index is 0.0797. The van der Waals surface area contributed by atoms with Crippen molar-refractivity contribution in [3.05, 3.63) is 52.1 Å². The summed E-state index contributed by atoms with van der Waals surface area (Å²) >= 11 is 2.15. The fourth-order valence-corrected chi connectivity index (χ4v) is 4.38. The number of ether oxygens (including phenoxy) is 2. The van der Waals surface area contributed by atoms with Crippen LogP contribution in [0, 0.1) is 3.57 Å². The summed E-state index contributed by atoms with van der Waals surface area (Å²) in [5.74, 6) is 0.108. The molecule has 0 saturated heterocycles. The quantitative estimate of drug-likeness (QED) is 0.172. The first kappa shape index (κ1) is 29.3. The van der Waals surface area contributed by atoms with Crippen LogP contribution < -0.4 is 10.1 Å². The Labute approximate surface area is 221 Å². The zero-order valence-electron chi connectivity index (χ0n) is 20.5. The first-order chi connectivity index (χ1) is 16.8. The summed E-state index contributed by atoms with van der Waals surface area (Å²) in [7, 11) is 0. The number of nitrogens with one attached hydrogen (secondary N) is 1. The van der Waals surface area contributed by atoms with Crippen molar-refractivity contribution in [3.8, 4) is 5.75 Å².